The highest BCUT2D eigenvalue weighted by Gasteiger charge is 2.24. The predicted octanol–water partition coefficient (Wildman–Crippen LogP) is 10.4. The molecule has 0 rings (SSSR count). The minimum atomic E-state index is -0.965. The van der Waals surface area contributed by atoms with Crippen LogP contribution in [0.3, 0.4) is 0 Å². The van der Waals surface area contributed by atoms with E-state index in [1.54, 1.807) is 60.6 Å². The Morgan fingerprint density at radius 1 is 0.400 bits per heavy atom. The van der Waals surface area contributed by atoms with Gasteiger partial charge in [0.15, 0.2) is 24.9 Å². The molecule has 0 bridgehead atoms. The predicted molar refractivity (Wildman–Crippen MR) is 343 cm³/mol. The Hall–Kier alpha value is -5.07. The molecule has 0 N–H and O–H groups in total. The van der Waals surface area contributed by atoms with Crippen LogP contribution in [0.25, 0.3) is 0 Å². The molecule has 0 aliphatic rings. The van der Waals surface area contributed by atoms with Crippen molar-refractivity contribution in [3.63, 3.8) is 0 Å². The fraction of sp³-hybridized carbons (Fsp3) is 0.823. The largest absolute Gasteiger partial charge is 0.457 e. The molecule has 504 valence electrons. The number of carbonyl (C=O) groups is 6. The monoisotopic (exact) mass is 1230 g/mol. The maximum Gasteiger partial charge on any atom is 0.347 e. The van der Waals surface area contributed by atoms with E-state index in [4.69, 9.17) is 47.4 Å². The smallest absolute Gasteiger partial charge is 0.347 e. The molecule has 0 spiro atoms. The Morgan fingerprint density at radius 3 is 1.16 bits per heavy atom. The van der Waals surface area contributed by atoms with Gasteiger partial charge < -0.3 is 56.8 Å². The van der Waals surface area contributed by atoms with E-state index in [9.17, 15) is 28.8 Å². The van der Waals surface area contributed by atoms with Gasteiger partial charge in [0, 0.05) is 59.5 Å². The Bertz CT molecular complexity index is 1890. The van der Waals surface area contributed by atoms with Gasteiger partial charge in [0.2, 0.25) is 0 Å². The van der Waals surface area contributed by atoms with Gasteiger partial charge in [-0.15, -0.1) is 0 Å². The van der Waals surface area contributed by atoms with Crippen molar-refractivity contribution < 1.29 is 85.6 Å². The molecular formula is C62H123N5O18. The minimum absolute atomic E-state index is 0. The fourth-order valence-corrected chi connectivity index (χ4v) is 4.17. The maximum atomic E-state index is 11.7. The van der Waals surface area contributed by atoms with Crippen LogP contribution in [0.1, 0.15) is 188 Å². The number of hydrogen-bond acceptors (Lipinski definition) is 23. The fourth-order valence-electron chi connectivity index (χ4n) is 4.17. The van der Waals surface area contributed by atoms with Crippen molar-refractivity contribution in [2.45, 2.75) is 259 Å². The minimum Gasteiger partial charge on any atom is -0.457 e. The van der Waals surface area contributed by atoms with Gasteiger partial charge >= 0.3 is 35.8 Å². The summed E-state index contributed by atoms with van der Waals surface area (Å²) in [5.74, 6) is -3.69. The maximum absolute atomic E-state index is 11.7. The molecule has 0 aliphatic heterocycles. The first-order valence-electron chi connectivity index (χ1n) is 27.4. The van der Waals surface area contributed by atoms with Crippen molar-refractivity contribution in [2.24, 2.45) is 30.9 Å². The molecule has 0 aromatic rings. The van der Waals surface area contributed by atoms with Crippen LogP contribution in [0.5, 0.6) is 0 Å². The lowest BCUT2D eigenvalue weighted by atomic mass is 10.1. The summed E-state index contributed by atoms with van der Waals surface area (Å²) < 4.78 is 59.4. The molecule has 0 radical (unpaired) electrons. The van der Waals surface area contributed by atoms with Gasteiger partial charge in [-0.1, -0.05) is 36.1 Å². The van der Waals surface area contributed by atoms with E-state index in [1.807, 2.05) is 82.4 Å². The van der Waals surface area contributed by atoms with E-state index in [1.165, 1.54) is 41.2 Å². The Balaban J connectivity index is -0.000000145. The number of hydrogen-bond donors (Lipinski definition) is 0. The second kappa shape index (κ2) is 52.1. The van der Waals surface area contributed by atoms with Crippen molar-refractivity contribution in [1.82, 2.24) is 0 Å². The molecule has 7 atom stereocenters. The number of rotatable bonds is 27. The Labute approximate surface area is 515 Å². The summed E-state index contributed by atoms with van der Waals surface area (Å²) in [5.41, 5.74) is -0.657. The van der Waals surface area contributed by atoms with Crippen molar-refractivity contribution in [2.75, 3.05) is 74.7 Å². The SMILES string of the molecule is C.C.C.CC(C=NC(C)(C)C)OC(=O)C(C)OC(=O)C(C)C.COC(C)C(=O)OCC(=O)OCC=NC(C)(C)C.COC(C)COC(C)C=NC(C)(C)C.COCC(=O)OC(C)C(=O)OC(C)C=NC(C)(C)C.COCCOCC=NC(C)(C)C. The van der Waals surface area contributed by atoms with Gasteiger partial charge in [0.05, 0.1) is 72.2 Å². The van der Waals surface area contributed by atoms with Crippen LogP contribution in [0.15, 0.2) is 25.0 Å². The van der Waals surface area contributed by atoms with Crippen LogP contribution in [0.4, 0.5) is 0 Å². The summed E-state index contributed by atoms with van der Waals surface area (Å²) in [7, 11) is 6.09. The molecule has 0 aliphatic carbocycles. The lowest BCUT2D eigenvalue weighted by Gasteiger charge is -2.17. The van der Waals surface area contributed by atoms with Crippen LogP contribution in [0.2, 0.25) is 0 Å². The van der Waals surface area contributed by atoms with Crippen molar-refractivity contribution in [3.8, 4) is 0 Å². The summed E-state index contributed by atoms with van der Waals surface area (Å²) in [6.07, 6.45) is 5.00. The molecule has 0 aromatic carbocycles. The van der Waals surface area contributed by atoms with Crippen molar-refractivity contribution >= 4 is 66.9 Å². The summed E-state index contributed by atoms with van der Waals surface area (Å²) >= 11 is 0. The third kappa shape index (κ3) is 75.0. The van der Waals surface area contributed by atoms with Crippen molar-refractivity contribution in [3.05, 3.63) is 0 Å². The average molecular weight is 1230 g/mol. The zero-order valence-electron chi connectivity index (χ0n) is 55.5. The van der Waals surface area contributed by atoms with E-state index >= 15 is 0 Å². The van der Waals surface area contributed by atoms with Gasteiger partial charge in [-0.25, -0.2) is 24.0 Å². The van der Waals surface area contributed by atoms with Gasteiger partial charge in [-0.2, -0.15) is 0 Å². The number of nitrogens with zero attached hydrogens (tertiary/aromatic N) is 5. The van der Waals surface area contributed by atoms with Crippen LogP contribution < -0.4 is 0 Å². The molecular weight excluding hydrogens is 1100 g/mol. The second-order valence-electron chi connectivity index (χ2n) is 23.7. The standard InChI is InChI=1S/C14H25NO4.C13H23NO5.C12H21NO5.C11H23NO2.C9H19NO2.3CH4/c1-9(2)12(16)19-11(4)13(17)18-10(3)8-15-14(5,6)7;1-9(7-14-13(3,4)5)18-12(16)10(2)19-11(15)8-17-6;1-9(16-5)11(15)18-8-10(14)17-7-6-13-12(2,3)4;1-9(7-12-11(3,4)5)14-8-10(2)13-6;1-9(2,3)10-5-6-12-8-7-11-4;;;/h8-11H,1-7H3;7,9-10H,8H2,1-6H3;6,9H,7-8H2,1-5H3;7,9-10H,8H2,1-6H3;5H,6-8H2,1-4H3;3*1H4. The Morgan fingerprint density at radius 2 is 0.800 bits per heavy atom. The highest BCUT2D eigenvalue weighted by atomic mass is 16.6. The molecule has 23 nitrogen and oxygen atoms in total. The Kier molecular flexibility index (Phi) is 59.0. The normalized spacial score (nSPS) is 14.3. The van der Waals surface area contributed by atoms with E-state index in [0.29, 0.717) is 26.4 Å². The third-order valence-corrected chi connectivity index (χ3v) is 8.53. The van der Waals surface area contributed by atoms with Gasteiger partial charge in [0.1, 0.15) is 25.4 Å². The number of carbonyl (C=O) groups excluding carboxylic acids is 6. The van der Waals surface area contributed by atoms with E-state index in [2.05, 4.69) is 76.0 Å². The van der Waals surface area contributed by atoms with E-state index in [0.717, 1.165) is 0 Å². The molecule has 0 fully saturated rings. The topological polar surface area (TPSA) is 275 Å². The van der Waals surface area contributed by atoms with Crippen LogP contribution in [-0.2, 0) is 85.6 Å². The van der Waals surface area contributed by atoms with Gasteiger partial charge in [-0.05, 0) is 152 Å². The number of ether oxygens (including phenoxy) is 12. The van der Waals surface area contributed by atoms with E-state index < -0.39 is 72.9 Å². The molecule has 85 heavy (non-hydrogen) atoms. The zero-order valence-corrected chi connectivity index (χ0v) is 55.5. The molecule has 7 unspecified atom stereocenters. The quantitative estimate of drug-likeness (QED) is 0.0320. The second-order valence-corrected chi connectivity index (χ2v) is 23.7. The number of aliphatic imine (C=N–C) groups is 5. The third-order valence-electron chi connectivity index (χ3n) is 8.53. The molecule has 0 aromatic heterocycles. The van der Waals surface area contributed by atoms with Crippen LogP contribution >= 0.6 is 0 Å². The lowest BCUT2D eigenvalue weighted by molar-refractivity contribution is -0.169. The average Bonchev–Trinajstić information content (AvgIpc) is 3.34. The first kappa shape index (κ1) is 96.2. The summed E-state index contributed by atoms with van der Waals surface area (Å²) in [6, 6.07) is 0. The first-order valence-corrected chi connectivity index (χ1v) is 27.4. The van der Waals surface area contributed by atoms with E-state index in [-0.39, 0.29) is 81.3 Å². The van der Waals surface area contributed by atoms with Gasteiger partial charge in [0.25, 0.3) is 0 Å². The van der Waals surface area contributed by atoms with Crippen molar-refractivity contribution in [1.29, 1.82) is 0 Å². The zero-order chi connectivity index (χ0) is 65.1. The summed E-state index contributed by atoms with van der Waals surface area (Å²) in [6.45, 7) is 47.0. The summed E-state index contributed by atoms with van der Waals surface area (Å²) in [4.78, 5) is 89.3. The first-order chi connectivity index (χ1) is 37.3. The molecule has 23 heteroatoms. The molecule has 0 saturated carbocycles. The molecule has 0 heterocycles. The summed E-state index contributed by atoms with van der Waals surface area (Å²) in [5, 5.41) is 0. The highest BCUT2D eigenvalue weighted by Crippen LogP contribution is 2.10. The number of methoxy groups -OCH3 is 4. The number of esters is 6. The molecule has 0 saturated heterocycles. The van der Waals surface area contributed by atoms with Crippen LogP contribution in [0, 0.1) is 5.92 Å². The van der Waals surface area contributed by atoms with Crippen LogP contribution in [-0.4, -0.2) is 212 Å². The molecule has 0 amide bonds. The van der Waals surface area contributed by atoms with Gasteiger partial charge in [-0.3, -0.25) is 29.8 Å². The highest BCUT2D eigenvalue weighted by molar-refractivity contribution is 5.82. The lowest BCUT2D eigenvalue weighted by Crippen LogP contribution is -2.31.